The summed E-state index contributed by atoms with van der Waals surface area (Å²) >= 11 is 0. The summed E-state index contributed by atoms with van der Waals surface area (Å²) in [5.74, 6) is 0.532. The molecule has 1 aliphatic carbocycles. The lowest BCUT2D eigenvalue weighted by Crippen LogP contribution is -2.39. The molecule has 0 unspecified atom stereocenters. The summed E-state index contributed by atoms with van der Waals surface area (Å²) in [6, 6.07) is 2.68. The van der Waals surface area contributed by atoms with Crippen LogP contribution in [-0.4, -0.2) is 25.7 Å². The molecule has 0 radical (unpaired) electrons. The van der Waals surface area contributed by atoms with Gasteiger partial charge in [0.05, 0.1) is 6.61 Å². The third-order valence-electron chi connectivity index (χ3n) is 3.47. The molecule has 5 nitrogen and oxygen atoms in total. The quantitative estimate of drug-likeness (QED) is 0.895. The first-order valence-corrected chi connectivity index (χ1v) is 6.51. The number of hydrogen-bond donors (Lipinski definition) is 1. The van der Waals surface area contributed by atoms with Crippen LogP contribution in [0.5, 0.6) is 0 Å². The fourth-order valence-corrected chi connectivity index (χ4v) is 2.60. The number of carbonyl (C=O) groups excluding carboxylic acids is 1. The summed E-state index contributed by atoms with van der Waals surface area (Å²) < 4.78 is 10.4. The monoisotopic (exact) mass is 265 g/mol. The van der Waals surface area contributed by atoms with Gasteiger partial charge >= 0.3 is 0 Å². The van der Waals surface area contributed by atoms with E-state index in [1.54, 1.807) is 14.0 Å². The Morgan fingerprint density at radius 1 is 1.47 bits per heavy atom. The maximum absolute atomic E-state index is 12.1. The highest BCUT2D eigenvalue weighted by Gasteiger charge is 2.29. The lowest BCUT2D eigenvalue weighted by atomic mass is 10.0. The van der Waals surface area contributed by atoms with Gasteiger partial charge in [0.2, 0.25) is 0 Å². The second-order valence-electron chi connectivity index (χ2n) is 4.99. The van der Waals surface area contributed by atoms with Crippen LogP contribution in [0.15, 0.2) is 21.3 Å². The van der Waals surface area contributed by atoms with Crippen LogP contribution >= 0.6 is 0 Å². The molecule has 0 aromatic carbocycles. The van der Waals surface area contributed by atoms with E-state index in [-0.39, 0.29) is 23.1 Å². The van der Waals surface area contributed by atoms with Crippen LogP contribution in [0.4, 0.5) is 0 Å². The number of aryl methyl sites for hydroxylation is 1. The van der Waals surface area contributed by atoms with Crippen LogP contribution in [0.25, 0.3) is 0 Å². The number of methoxy groups -OCH3 is 1. The summed E-state index contributed by atoms with van der Waals surface area (Å²) in [4.78, 5) is 23.4. The minimum atomic E-state index is -0.325. The first-order valence-electron chi connectivity index (χ1n) is 6.51. The standard InChI is InChI=1S/C14H19NO4/c1-9-6-11(16)7-13(19-9)14(17)15-12-5-3-4-10(12)8-18-2/h6-7,10,12H,3-5,8H2,1-2H3,(H,15,17)/t10-,12-/m1/s1. The molecule has 1 saturated carbocycles. The number of rotatable bonds is 4. The molecule has 5 heteroatoms. The van der Waals surface area contributed by atoms with E-state index < -0.39 is 0 Å². The van der Waals surface area contributed by atoms with Crippen molar-refractivity contribution in [2.45, 2.75) is 32.2 Å². The van der Waals surface area contributed by atoms with Gasteiger partial charge in [-0.3, -0.25) is 9.59 Å². The minimum Gasteiger partial charge on any atom is -0.456 e. The molecule has 19 heavy (non-hydrogen) atoms. The molecule has 104 valence electrons. The first-order chi connectivity index (χ1) is 9.10. The molecule has 0 spiro atoms. The van der Waals surface area contributed by atoms with Crippen LogP contribution < -0.4 is 10.7 Å². The predicted molar refractivity (Wildman–Crippen MR) is 70.2 cm³/mol. The Bertz CT molecular complexity index is 508. The van der Waals surface area contributed by atoms with Crippen LogP contribution in [0.1, 0.15) is 35.6 Å². The number of carbonyl (C=O) groups is 1. The van der Waals surface area contributed by atoms with Gasteiger partial charge in [-0.1, -0.05) is 6.42 Å². The molecule has 1 aromatic heterocycles. The number of nitrogens with one attached hydrogen (secondary N) is 1. The van der Waals surface area contributed by atoms with E-state index in [0.717, 1.165) is 19.3 Å². The third kappa shape index (κ3) is 3.44. The number of ether oxygens (including phenoxy) is 1. The average Bonchev–Trinajstić information content (AvgIpc) is 2.76. The largest absolute Gasteiger partial charge is 0.456 e. The highest BCUT2D eigenvalue weighted by Crippen LogP contribution is 2.26. The SMILES string of the molecule is COC[C@H]1CCC[C@H]1NC(=O)c1cc(=O)cc(C)o1. The number of hydrogen-bond acceptors (Lipinski definition) is 4. The van der Waals surface area contributed by atoms with E-state index in [1.807, 2.05) is 0 Å². The average molecular weight is 265 g/mol. The molecule has 1 fully saturated rings. The summed E-state index contributed by atoms with van der Waals surface area (Å²) in [7, 11) is 1.66. The zero-order chi connectivity index (χ0) is 13.8. The van der Waals surface area contributed by atoms with Crippen molar-refractivity contribution in [2.24, 2.45) is 5.92 Å². The Morgan fingerprint density at radius 2 is 2.26 bits per heavy atom. The number of amides is 1. The van der Waals surface area contributed by atoms with Gasteiger partial charge in [0.15, 0.2) is 11.2 Å². The van der Waals surface area contributed by atoms with Crippen molar-refractivity contribution in [3.8, 4) is 0 Å². The van der Waals surface area contributed by atoms with E-state index in [4.69, 9.17) is 9.15 Å². The molecule has 1 amide bonds. The molecular formula is C14H19NO4. The summed E-state index contributed by atoms with van der Waals surface area (Å²) in [6.07, 6.45) is 3.07. The minimum absolute atomic E-state index is 0.0769. The highest BCUT2D eigenvalue weighted by molar-refractivity contribution is 5.91. The van der Waals surface area contributed by atoms with Gasteiger partial charge in [-0.15, -0.1) is 0 Å². The molecule has 1 aliphatic rings. The topological polar surface area (TPSA) is 68.5 Å². The van der Waals surface area contributed by atoms with Crippen molar-refractivity contribution >= 4 is 5.91 Å². The Hall–Kier alpha value is -1.62. The molecule has 0 saturated heterocycles. The normalized spacial score (nSPS) is 22.4. The van der Waals surface area contributed by atoms with Crippen molar-refractivity contribution in [1.82, 2.24) is 5.32 Å². The highest BCUT2D eigenvalue weighted by atomic mass is 16.5. The molecule has 2 rings (SSSR count). The van der Waals surface area contributed by atoms with Crippen molar-refractivity contribution in [1.29, 1.82) is 0 Å². The summed E-state index contributed by atoms with van der Waals surface area (Å²) in [5.41, 5.74) is -0.214. The van der Waals surface area contributed by atoms with Crippen LogP contribution in [0.3, 0.4) is 0 Å². The second-order valence-corrected chi connectivity index (χ2v) is 4.99. The molecule has 0 aliphatic heterocycles. The fraction of sp³-hybridized carbons (Fsp3) is 0.571. The van der Waals surface area contributed by atoms with Crippen LogP contribution in [0.2, 0.25) is 0 Å². The van der Waals surface area contributed by atoms with E-state index in [0.29, 0.717) is 18.3 Å². The van der Waals surface area contributed by atoms with Gasteiger partial charge in [-0.25, -0.2) is 0 Å². The van der Waals surface area contributed by atoms with Gasteiger partial charge in [0.1, 0.15) is 5.76 Å². The van der Waals surface area contributed by atoms with Crippen LogP contribution in [-0.2, 0) is 4.74 Å². The Labute approximate surface area is 112 Å². The fourth-order valence-electron chi connectivity index (χ4n) is 2.60. The van der Waals surface area contributed by atoms with Crippen LogP contribution in [0, 0.1) is 12.8 Å². The first kappa shape index (κ1) is 13.8. The summed E-state index contributed by atoms with van der Waals surface area (Å²) in [5, 5.41) is 2.93. The van der Waals surface area contributed by atoms with Gasteiger partial charge in [-0.05, 0) is 19.8 Å². The van der Waals surface area contributed by atoms with Crippen molar-refractivity contribution in [3.63, 3.8) is 0 Å². The maximum atomic E-state index is 12.1. The van der Waals surface area contributed by atoms with Gasteiger partial charge in [-0.2, -0.15) is 0 Å². The van der Waals surface area contributed by atoms with E-state index >= 15 is 0 Å². The molecule has 1 aromatic rings. The summed E-state index contributed by atoms with van der Waals surface area (Å²) in [6.45, 7) is 2.30. The third-order valence-corrected chi connectivity index (χ3v) is 3.47. The zero-order valence-electron chi connectivity index (χ0n) is 11.3. The molecule has 2 atom stereocenters. The van der Waals surface area contributed by atoms with Crippen molar-refractivity contribution in [3.05, 3.63) is 33.9 Å². The van der Waals surface area contributed by atoms with Gasteiger partial charge in [0.25, 0.3) is 5.91 Å². The molecule has 0 bridgehead atoms. The Morgan fingerprint density at radius 3 is 2.95 bits per heavy atom. The van der Waals surface area contributed by atoms with Crippen molar-refractivity contribution < 1.29 is 13.9 Å². The van der Waals surface area contributed by atoms with E-state index in [9.17, 15) is 9.59 Å². The Balaban J connectivity index is 2.06. The molecule has 1 N–H and O–H groups in total. The van der Waals surface area contributed by atoms with Gasteiger partial charge < -0.3 is 14.5 Å². The predicted octanol–water partition coefficient (Wildman–Crippen LogP) is 1.49. The Kier molecular flexibility index (Phi) is 4.37. The zero-order valence-corrected chi connectivity index (χ0v) is 11.3. The smallest absolute Gasteiger partial charge is 0.287 e. The van der Waals surface area contributed by atoms with Gasteiger partial charge in [0, 0.05) is 31.2 Å². The molecule has 1 heterocycles. The molecular weight excluding hydrogens is 246 g/mol. The maximum Gasteiger partial charge on any atom is 0.287 e. The lowest BCUT2D eigenvalue weighted by Gasteiger charge is -2.19. The van der Waals surface area contributed by atoms with E-state index in [1.165, 1.54) is 12.1 Å². The van der Waals surface area contributed by atoms with Crippen molar-refractivity contribution in [2.75, 3.05) is 13.7 Å². The lowest BCUT2D eigenvalue weighted by molar-refractivity contribution is 0.0867. The van der Waals surface area contributed by atoms with E-state index in [2.05, 4.69) is 5.32 Å². The second kappa shape index (κ2) is 6.02.